The fraction of sp³-hybridized carbons (Fsp3) is 0.400. The third kappa shape index (κ3) is 6.74. The van der Waals surface area contributed by atoms with E-state index < -0.39 is 11.6 Å². The number of carbonyl (C=O) groups is 1. The highest BCUT2D eigenvalue weighted by Crippen LogP contribution is 2.10. The maximum absolute atomic E-state index is 10.4. The van der Waals surface area contributed by atoms with E-state index in [-0.39, 0.29) is 0 Å². The molecule has 2 N–H and O–H groups in total. The first-order valence-electron chi connectivity index (χ1n) is 6.17. The quantitative estimate of drug-likeness (QED) is 0.771. The van der Waals surface area contributed by atoms with Crippen LogP contribution in [0.1, 0.15) is 25.0 Å². The number of aliphatic carboxylic acids is 1. The Hall–Kier alpha value is -1.65. The zero-order valence-corrected chi connectivity index (χ0v) is 11.6. The van der Waals surface area contributed by atoms with Crippen molar-refractivity contribution in [3.05, 3.63) is 41.5 Å². The molecule has 0 aliphatic rings. The van der Waals surface area contributed by atoms with Crippen molar-refractivity contribution >= 4 is 12.0 Å². The van der Waals surface area contributed by atoms with Gasteiger partial charge < -0.3 is 10.2 Å². The molecule has 0 saturated carbocycles. The maximum Gasteiger partial charge on any atom is 0.328 e. The molecule has 0 saturated heterocycles. The van der Waals surface area contributed by atoms with Crippen LogP contribution in [0.15, 0.2) is 30.3 Å². The van der Waals surface area contributed by atoms with Gasteiger partial charge in [0.2, 0.25) is 0 Å². The molecule has 0 unspecified atom stereocenters. The Morgan fingerprint density at radius 1 is 1.32 bits per heavy atom. The zero-order valence-electron chi connectivity index (χ0n) is 11.6. The zero-order chi connectivity index (χ0) is 14.5. The first-order chi connectivity index (χ1) is 8.76. The standard InChI is InChI=1S/C15H21NO3/c1-15(2,19)11-16(3)10-13-6-4-12(5-7-13)8-9-14(17)18/h4-9,19H,10-11H2,1-3H3,(H,17,18). The van der Waals surface area contributed by atoms with E-state index in [4.69, 9.17) is 5.11 Å². The second-order valence-electron chi connectivity index (χ2n) is 5.40. The molecule has 19 heavy (non-hydrogen) atoms. The van der Waals surface area contributed by atoms with Crippen molar-refractivity contribution in [3.63, 3.8) is 0 Å². The van der Waals surface area contributed by atoms with E-state index in [1.807, 2.05) is 36.2 Å². The van der Waals surface area contributed by atoms with Crippen LogP contribution in [0.25, 0.3) is 6.08 Å². The third-order valence-corrected chi connectivity index (χ3v) is 2.51. The Kier molecular flexibility index (Phi) is 5.27. The first kappa shape index (κ1) is 15.4. The van der Waals surface area contributed by atoms with Crippen LogP contribution in [0.5, 0.6) is 0 Å². The van der Waals surface area contributed by atoms with Crippen molar-refractivity contribution in [2.24, 2.45) is 0 Å². The average Bonchev–Trinajstić information content (AvgIpc) is 2.25. The van der Waals surface area contributed by atoms with Crippen LogP contribution in [0.3, 0.4) is 0 Å². The molecule has 0 radical (unpaired) electrons. The molecule has 0 fully saturated rings. The minimum Gasteiger partial charge on any atom is -0.478 e. The fourth-order valence-corrected chi connectivity index (χ4v) is 1.93. The highest BCUT2D eigenvalue weighted by atomic mass is 16.4. The molecular formula is C15H21NO3. The molecule has 0 heterocycles. The lowest BCUT2D eigenvalue weighted by atomic mass is 10.1. The summed E-state index contributed by atoms with van der Waals surface area (Å²) in [4.78, 5) is 12.4. The Bertz CT molecular complexity index is 443. The molecule has 1 aromatic carbocycles. The van der Waals surface area contributed by atoms with E-state index in [9.17, 15) is 9.90 Å². The average molecular weight is 263 g/mol. The number of aliphatic hydroxyl groups is 1. The van der Waals surface area contributed by atoms with Crippen molar-refractivity contribution in [3.8, 4) is 0 Å². The lowest BCUT2D eigenvalue weighted by Gasteiger charge is -2.25. The van der Waals surface area contributed by atoms with Gasteiger partial charge in [0.25, 0.3) is 0 Å². The monoisotopic (exact) mass is 263 g/mol. The van der Waals surface area contributed by atoms with E-state index in [1.165, 1.54) is 0 Å². The molecule has 4 heteroatoms. The summed E-state index contributed by atoms with van der Waals surface area (Å²) in [6, 6.07) is 7.68. The number of rotatable bonds is 6. The lowest BCUT2D eigenvalue weighted by molar-refractivity contribution is -0.131. The highest BCUT2D eigenvalue weighted by molar-refractivity contribution is 5.85. The largest absolute Gasteiger partial charge is 0.478 e. The van der Waals surface area contributed by atoms with Gasteiger partial charge in [-0.2, -0.15) is 0 Å². The molecular weight excluding hydrogens is 242 g/mol. The maximum atomic E-state index is 10.4. The highest BCUT2D eigenvalue weighted by Gasteiger charge is 2.15. The summed E-state index contributed by atoms with van der Waals surface area (Å²) >= 11 is 0. The molecule has 0 aromatic heterocycles. The van der Waals surface area contributed by atoms with Crippen LogP contribution < -0.4 is 0 Å². The Morgan fingerprint density at radius 2 is 1.89 bits per heavy atom. The first-order valence-corrected chi connectivity index (χ1v) is 6.17. The summed E-state index contributed by atoms with van der Waals surface area (Å²) in [6.45, 7) is 4.90. The molecule has 0 amide bonds. The van der Waals surface area contributed by atoms with Crippen LogP contribution in [0.4, 0.5) is 0 Å². The van der Waals surface area contributed by atoms with Gasteiger partial charge in [-0.15, -0.1) is 0 Å². The molecule has 1 aromatic rings. The van der Waals surface area contributed by atoms with Gasteiger partial charge in [-0.3, -0.25) is 4.90 Å². The molecule has 0 aliphatic heterocycles. The predicted molar refractivity (Wildman–Crippen MR) is 75.7 cm³/mol. The van der Waals surface area contributed by atoms with Gasteiger partial charge in [-0.05, 0) is 38.1 Å². The van der Waals surface area contributed by atoms with E-state index in [2.05, 4.69) is 0 Å². The normalized spacial score (nSPS) is 12.3. The summed E-state index contributed by atoms with van der Waals surface area (Å²) in [5.41, 5.74) is 1.27. The smallest absolute Gasteiger partial charge is 0.328 e. The molecule has 0 spiro atoms. The number of carboxylic acids is 1. The van der Waals surface area contributed by atoms with Crippen LogP contribution in [0, 0.1) is 0 Å². The van der Waals surface area contributed by atoms with Gasteiger partial charge in [0.15, 0.2) is 0 Å². The van der Waals surface area contributed by atoms with E-state index in [0.29, 0.717) is 6.54 Å². The van der Waals surface area contributed by atoms with Gasteiger partial charge >= 0.3 is 5.97 Å². The number of hydrogen-bond acceptors (Lipinski definition) is 3. The number of likely N-dealkylation sites (N-methyl/N-ethyl adjacent to an activating group) is 1. The molecule has 0 aliphatic carbocycles. The summed E-state index contributed by atoms with van der Waals surface area (Å²) < 4.78 is 0. The summed E-state index contributed by atoms with van der Waals surface area (Å²) in [7, 11) is 1.95. The summed E-state index contributed by atoms with van der Waals surface area (Å²) in [5.74, 6) is -0.950. The van der Waals surface area contributed by atoms with Crippen molar-refractivity contribution in [2.45, 2.75) is 26.0 Å². The van der Waals surface area contributed by atoms with Crippen molar-refractivity contribution in [1.82, 2.24) is 4.90 Å². The van der Waals surface area contributed by atoms with Gasteiger partial charge in [-0.1, -0.05) is 24.3 Å². The van der Waals surface area contributed by atoms with Crippen molar-refractivity contribution in [2.75, 3.05) is 13.6 Å². The predicted octanol–water partition coefficient (Wildman–Crippen LogP) is 1.99. The van der Waals surface area contributed by atoms with Gasteiger partial charge in [0.05, 0.1) is 5.60 Å². The van der Waals surface area contributed by atoms with Crippen LogP contribution in [-0.4, -0.2) is 40.3 Å². The second kappa shape index (κ2) is 6.50. The van der Waals surface area contributed by atoms with E-state index >= 15 is 0 Å². The second-order valence-corrected chi connectivity index (χ2v) is 5.40. The van der Waals surface area contributed by atoms with Crippen LogP contribution >= 0.6 is 0 Å². The molecule has 104 valence electrons. The van der Waals surface area contributed by atoms with Crippen molar-refractivity contribution < 1.29 is 15.0 Å². The minimum atomic E-state index is -0.950. The Balaban J connectivity index is 2.59. The third-order valence-electron chi connectivity index (χ3n) is 2.51. The Morgan fingerprint density at radius 3 is 2.37 bits per heavy atom. The number of hydrogen-bond donors (Lipinski definition) is 2. The number of nitrogens with zero attached hydrogens (tertiary/aromatic N) is 1. The molecule has 0 bridgehead atoms. The SMILES string of the molecule is CN(Cc1ccc(C=CC(=O)O)cc1)CC(C)(C)O. The van der Waals surface area contributed by atoms with Crippen molar-refractivity contribution in [1.29, 1.82) is 0 Å². The Labute approximate surface area is 114 Å². The summed E-state index contributed by atoms with van der Waals surface area (Å²) in [5, 5.41) is 18.3. The molecule has 1 rings (SSSR count). The molecule has 4 nitrogen and oxygen atoms in total. The number of carboxylic acid groups (broad SMARTS) is 1. The van der Waals surface area contributed by atoms with E-state index in [0.717, 1.165) is 23.7 Å². The lowest BCUT2D eigenvalue weighted by Crippen LogP contribution is -2.35. The van der Waals surface area contributed by atoms with Gasteiger partial charge in [0, 0.05) is 19.2 Å². The topological polar surface area (TPSA) is 60.8 Å². The number of benzene rings is 1. The summed E-state index contributed by atoms with van der Waals surface area (Å²) in [6.07, 6.45) is 2.68. The van der Waals surface area contributed by atoms with Gasteiger partial charge in [-0.25, -0.2) is 4.79 Å². The van der Waals surface area contributed by atoms with Gasteiger partial charge in [0.1, 0.15) is 0 Å². The molecule has 0 atom stereocenters. The van der Waals surface area contributed by atoms with E-state index in [1.54, 1.807) is 19.9 Å². The minimum absolute atomic E-state index is 0.591. The van der Waals surface area contributed by atoms with Crippen LogP contribution in [0.2, 0.25) is 0 Å². The fourth-order valence-electron chi connectivity index (χ4n) is 1.93. The van der Waals surface area contributed by atoms with Crippen LogP contribution in [-0.2, 0) is 11.3 Å².